The third kappa shape index (κ3) is 3.59. The maximum absolute atomic E-state index is 2.38. The zero-order valence-corrected chi connectivity index (χ0v) is 12.6. The van der Waals surface area contributed by atoms with Crippen molar-refractivity contribution in [2.75, 3.05) is 0 Å². The van der Waals surface area contributed by atoms with Gasteiger partial charge < -0.3 is 0 Å². The summed E-state index contributed by atoms with van der Waals surface area (Å²) >= 11 is 0. The van der Waals surface area contributed by atoms with Crippen LogP contribution in [0.3, 0.4) is 0 Å². The molecule has 1 aromatic carbocycles. The molecule has 96 valence electrons. The molecule has 0 aromatic heterocycles. The highest BCUT2D eigenvalue weighted by Crippen LogP contribution is 2.26. The zero-order chi connectivity index (χ0) is 13.2. The summed E-state index contributed by atoms with van der Waals surface area (Å²) in [6.07, 6.45) is 2.42. The molecule has 0 unspecified atom stereocenters. The molecule has 0 aliphatic heterocycles. The Morgan fingerprint density at radius 3 is 1.41 bits per heavy atom. The van der Waals surface area contributed by atoms with E-state index in [1.807, 2.05) is 0 Å². The summed E-state index contributed by atoms with van der Waals surface area (Å²) in [7, 11) is 0. The van der Waals surface area contributed by atoms with Crippen LogP contribution in [0.1, 0.15) is 55.5 Å². The van der Waals surface area contributed by atoms with Gasteiger partial charge in [0, 0.05) is 0 Å². The van der Waals surface area contributed by atoms with Crippen LogP contribution in [0.5, 0.6) is 0 Å². The lowest BCUT2D eigenvalue weighted by Crippen LogP contribution is -2.07. The largest absolute Gasteiger partial charge is 0.0625 e. The average Bonchev–Trinajstić information content (AvgIpc) is 2.18. The maximum Gasteiger partial charge on any atom is -0.0250 e. The van der Waals surface area contributed by atoms with Gasteiger partial charge in [-0.05, 0) is 73.3 Å². The predicted octanol–water partition coefficient (Wildman–Crippen LogP) is 5.01. The molecule has 0 spiro atoms. The van der Waals surface area contributed by atoms with Crippen molar-refractivity contribution in [2.45, 2.75) is 61.3 Å². The first kappa shape index (κ1) is 14.3. The van der Waals surface area contributed by atoms with Crippen molar-refractivity contribution < 1.29 is 0 Å². The molecular weight excluding hydrogens is 204 g/mol. The molecule has 0 amide bonds. The van der Waals surface area contributed by atoms with E-state index in [4.69, 9.17) is 0 Å². The molecule has 17 heavy (non-hydrogen) atoms. The van der Waals surface area contributed by atoms with Crippen LogP contribution in [0.2, 0.25) is 0 Å². The van der Waals surface area contributed by atoms with E-state index in [9.17, 15) is 0 Å². The summed E-state index contributed by atoms with van der Waals surface area (Å²) in [5, 5.41) is 0. The Labute approximate surface area is 107 Å². The van der Waals surface area contributed by atoms with E-state index in [0.29, 0.717) is 0 Å². The van der Waals surface area contributed by atoms with Gasteiger partial charge >= 0.3 is 0 Å². The lowest BCUT2D eigenvalue weighted by Gasteiger charge is -2.20. The van der Waals surface area contributed by atoms with Gasteiger partial charge in [-0.2, -0.15) is 0 Å². The summed E-state index contributed by atoms with van der Waals surface area (Å²) in [6.45, 7) is 16.1. The summed E-state index contributed by atoms with van der Waals surface area (Å²) in [4.78, 5) is 0. The first-order valence-electron chi connectivity index (χ1n) is 6.91. The van der Waals surface area contributed by atoms with Gasteiger partial charge in [0.2, 0.25) is 0 Å². The minimum absolute atomic E-state index is 0.738. The molecule has 1 aromatic rings. The molecule has 0 nitrogen and oxygen atoms in total. The molecular formula is C17H28. The molecule has 0 aliphatic rings. The molecule has 0 saturated heterocycles. The predicted molar refractivity (Wildman–Crippen MR) is 77.7 cm³/mol. The van der Waals surface area contributed by atoms with Crippen molar-refractivity contribution in [1.29, 1.82) is 0 Å². The van der Waals surface area contributed by atoms with Crippen LogP contribution < -0.4 is 0 Å². The molecule has 0 heteroatoms. The van der Waals surface area contributed by atoms with Gasteiger partial charge in [0.25, 0.3) is 0 Å². The van der Waals surface area contributed by atoms with Crippen LogP contribution >= 0.6 is 0 Å². The number of aryl methyl sites for hydroxylation is 2. The second-order valence-electron chi connectivity index (χ2n) is 6.29. The fourth-order valence-corrected chi connectivity index (χ4v) is 2.72. The molecule has 1 rings (SSSR count). The highest BCUT2D eigenvalue weighted by Gasteiger charge is 2.12. The zero-order valence-electron chi connectivity index (χ0n) is 12.6. The highest BCUT2D eigenvalue weighted by molar-refractivity contribution is 5.45. The monoisotopic (exact) mass is 232 g/mol. The average molecular weight is 232 g/mol. The quantitative estimate of drug-likeness (QED) is 0.684. The van der Waals surface area contributed by atoms with Gasteiger partial charge in [0.05, 0.1) is 0 Å². The lowest BCUT2D eigenvalue weighted by molar-refractivity contribution is 0.627. The van der Waals surface area contributed by atoms with E-state index >= 15 is 0 Å². The van der Waals surface area contributed by atoms with E-state index in [1.54, 1.807) is 16.7 Å². The Kier molecular flexibility index (Phi) is 4.80. The Bertz CT molecular complexity index is 349. The van der Waals surface area contributed by atoms with Crippen LogP contribution in [-0.2, 0) is 12.8 Å². The minimum Gasteiger partial charge on any atom is -0.0625 e. The maximum atomic E-state index is 2.38. The fourth-order valence-electron chi connectivity index (χ4n) is 2.72. The SMILES string of the molecule is Cc1cc(C)c(CC(C)C)c(C)c1CC(C)C. The normalized spacial score (nSPS) is 11.6. The second-order valence-corrected chi connectivity index (χ2v) is 6.29. The molecule has 0 fully saturated rings. The van der Waals surface area contributed by atoms with E-state index < -0.39 is 0 Å². The first-order valence-corrected chi connectivity index (χ1v) is 6.91. The van der Waals surface area contributed by atoms with Gasteiger partial charge in [-0.15, -0.1) is 0 Å². The Morgan fingerprint density at radius 2 is 1.12 bits per heavy atom. The van der Waals surface area contributed by atoms with Crippen LogP contribution in [-0.4, -0.2) is 0 Å². The molecule has 0 aliphatic carbocycles. The summed E-state index contributed by atoms with van der Waals surface area (Å²) in [5.74, 6) is 1.48. The summed E-state index contributed by atoms with van der Waals surface area (Å²) in [6, 6.07) is 2.38. The van der Waals surface area contributed by atoms with Gasteiger partial charge in [-0.25, -0.2) is 0 Å². The van der Waals surface area contributed by atoms with Gasteiger partial charge in [0.15, 0.2) is 0 Å². The third-order valence-electron chi connectivity index (χ3n) is 3.52. The minimum atomic E-state index is 0.738. The number of hydrogen-bond donors (Lipinski definition) is 0. The highest BCUT2D eigenvalue weighted by atomic mass is 14.2. The lowest BCUT2D eigenvalue weighted by atomic mass is 9.86. The van der Waals surface area contributed by atoms with E-state index in [-0.39, 0.29) is 0 Å². The van der Waals surface area contributed by atoms with Gasteiger partial charge in [-0.3, -0.25) is 0 Å². The molecule has 0 bridgehead atoms. The van der Waals surface area contributed by atoms with Crippen LogP contribution in [0, 0.1) is 32.6 Å². The molecule has 0 atom stereocenters. The second kappa shape index (κ2) is 5.71. The van der Waals surface area contributed by atoms with E-state index in [1.165, 1.54) is 24.0 Å². The van der Waals surface area contributed by atoms with Crippen molar-refractivity contribution in [2.24, 2.45) is 11.8 Å². The molecule has 0 N–H and O–H groups in total. The smallest absolute Gasteiger partial charge is 0.0250 e. The van der Waals surface area contributed by atoms with Gasteiger partial charge in [0.1, 0.15) is 0 Å². The summed E-state index contributed by atoms with van der Waals surface area (Å²) in [5.41, 5.74) is 7.66. The number of rotatable bonds is 4. The molecule has 0 heterocycles. The van der Waals surface area contributed by atoms with Crippen molar-refractivity contribution in [3.63, 3.8) is 0 Å². The Morgan fingerprint density at radius 1 is 0.765 bits per heavy atom. The van der Waals surface area contributed by atoms with Crippen molar-refractivity contribution in [3.8, 4) is 0 Å². The topological polar surface area (TPSA) is 0 Å². The van der Waals surface area contributed by atoms with E-state index in [0.717, 1.165) is 11.8 Å². The number of benzene rings is 1. The van der Waals surface area contributed by atoms with Crippen LogP contribution in [0.4, 0.5) is 0 Å². The Hall–Kier alpha value is -0.780. The Balaban J connectivity index is 3.22. The first-order chi connectivity index (χ1) is 7.82. The molecule has 0 radical (unpaired) electrons. The van der Waals surface area contributed by atoms with Crippen molar-refractivity contribution in [1.82, 2.24) is 0 Å². The fraction of sp³-hybridized carbons (Fsp3) is 0.647. The molecule has 0 saturated carbocycles. The van der Waals surface area contributed by atoms with Crippen molar-refractivity contribution in [3.05, 3.63) is 33.9 Å². The van der Waals surface area contributed by atoms with Crippen molar-refractivity contribution >= 4 is 0 Å². The van der Waals surface area contributed by atoms with Crippen LogP contribution in [0.15, 0.2) is 6.07 Å². The van der Waals surface area contributed by atoms with Crippen LogP contribution in [0.25, 0.3) is 0 Å². The van der Waals surface area contributed by atoms with E-state index in [2.05, 4.69) is 54.5 Å². The standard InChI is InChI=1S/C17H28/c1-11(2)8-16-13(5)10-14(6)17(15(16)7)9-12(3)4/h10-12H,8-9H2,1-7H3. The number of hydrogen-bond acceptors (Lipinski definition) is 0. The van der Waals surface area contributed by atoms with Gasteiger partial charge in [-0.1, -0.05) is 33.8 Å². The summed E-state index contributed by atoms with van der Waals surface area (Å²) < 4.78 is 0. The third-order valence-corrected chi connectivity index (χ3v) is 3.52.